The average Bonchev–Trinajstić information content (AvgIpc) is 3.20. The predicted octanol–water partition coefficient (Wildman–Crippen LogP) is 2.48. The van der Waals surface area contributed by atoms with Gasteiger partial charge in [-0.05, 0) is 32.0 Å². The number of hydrogen-bond donors (Lipinski definition) is 1. The monoisotopic (exact) mass is 398 g/mol. The standard InChI is InChI=1S/C20H19FN4O4/c21-17-12-16(25(27)28)5-6-19(17)29-18-7-9-22-13-15(18)4-3-8-23-20(26)14-24-10-1-2-11-24/h5-7,9,12-13H,1-2,8,10-11,14H2,(H,23,26). The molecule has 0 unspecified atom stereocenters. The first-order chi connectivity index (χ1) is 14.0. The van der Waals surface area contributed by atoms with Crippen LogP contribution in [0.4, 0.5) is 10.1 Å². The second-order valence-corrected chi connectivity index (χ2v) is 6.41. The zero-order chi connectivity index (χ0) is 20.6. The SMILES string of the molecule is O=C(CN1CCCC1)NCC#Cc1cnccc1Oc1ccc([N+](=O)[O-])cc1F. The van der Waals surface area contributed by atoms with Crippen LogP contribution in [0.2, 0.25) is 0 Å². The molecular weight excluding hydrogens is 379 g/mol. The van der Waals surface area contributed by atoms with E-state index in [1.54, 1.807) is 0 Å². The molecule has 8 nitrogen and oxygen atoms in total. The summed E-state index contributed by atoms with van der Waals surface area (Å²) in [5, 5.41) is 13.4. The number of likely N-dealkylation sites (tertiary alicyclic amines) is 1. The summed E-state index contributed by atoms with van der Waals surface area (Å²) in [6, 6.07) is 4.64. The molecule has 29 heavy (non-hydrogen) atoms. The highest BCUT2D eigenvalue weighted by Gasteiger charge is 2.15. The fraction of sp³-hybridized carbons (Fsp3) is 0.300. The lowest BCUT2D eigenvalue weighted by Crippen LogP contribution is -2.35. The van der Waals surface area contributed by atoms with Gasteiger partial charge in [-0.15, -0.1) is 0 Å². The number of carbonyl (C=O) groups is 1. The molecule has 0 spiro atoms. The number of aromatic nitrogens is 1. The number of amides is 1. The fourth-order valence-corrected chi connectivity index (χ4v) is 2.85. The van der Waals surface area contributed by atoms with Gasteiger partial charge >= 0.3 is 0 Å². The zero-order valence-corrected chi connectivity index (χ0v) is 15.6. The number of benzene rings is 1. The van der Waals surface area contributed by atoms with E-state index < -0.39 is 10.7 Å². The molecule has 1 saturated heterocycles. The van der Waals surface area contributed by atoms with Crippen molar-refractivity contribution in [1.29, 1.82) is 0 Å². The largest absolute Gasteiger partial charge is 0.453 e. The number of nitro groups is 1. The van der Waals surface area contributed by atoms with E-state index in [0.29, 0.717) is 12.1 Å². The van der Waals surface area contributed by atoms with Crippen LogP contribution in [0.15, 0.2) is 36.7 Å². The maximum absolute atomic E-state index is 14.1. The molecule has 9 heteroatoms. The third-order valence-corrected chi connectivity index (χ3v) is 4.29. The molecule has 2 aromatic rings. The Morgan fingerprint density at radius 2 is 2.10 bits per heavy atom. The third kappa shape index (κ3) is 5.73. The van der Waals surface area contributed by atoms with Gasteiger partial charge in [-0.3, -0.25) is 24.8 Å². The van der Waals surface area contributed by atoms with E-state index in [2.05, 4.69) is 27.0 Å². The Hall–Kier alpha value is -3.51. The van der Waals surface area contributed by atoms with E-state index in [4.69, 9.17) is 4.74 Å². The van der Waals surface area contributed by atoms with E-state index in [0.717, 1.165) is 38.1 Å². The number of nitrogens with one attached hydrogen (secondary N) is 1. The second-order valence-electron chi connectivity index (χ2n) is 6.41. The molecular formula is C20H19FN4O4. The summed E-state index contributed by atoms with van der Waals surface area (Å²) >= 11 is 0. The summed E-state index contributed by atoms with van der Waals surface area (Å²) in [5.74, 6) is 4.80. The van der Waals surface area contributed by atoms with Gasteiger partial charge in [0.1, 0.15) is 5.75 Å². The summed E-state index contributed by atoms with van der Waals surface area (Å²) in [6.45, 7) is 2.40. The number of nitro benzene ring substituents is 1. The normalized spacial score (nSPS) is 13.4. The molecule has 1 aliphatic heterocycles. The molecule has 0 aliphatic carbocycles. The summed E-state index contributed by atoms with van der Waals surface area (Å²) in [7, 11) is 0. The number of hydrogen-bond acceptors (Lipinski definition) is 6. The van der Waals surface area contributed by atoms with Crippen LogP contribution in [0.5, 0.6) is 11.5 Å². The number of carbonyl (C=O) groups excluding carboxylic acids is 1. The van der Waals surface area contributed by atoms with E-state index in [1.165, 1.54) is 24.5 Å². The van der Waals surface area contributed by atoms with Gasteiger partial charge < -0.3 is 10.1 Å². The van der Waals surface area contributed by atoms with Gasteiger partial charge in [0.25, 0.3) is 5.69 Å². The summed E-state index contributed by atoms with van der Waals surface area (Å²) in [5.41, 5.74) is 0.0355. The molecule has 1 aliphatic rings. The van der Waals surface area contributed by atoms with E-state index >= 15 is 0 Å². The first-order valence-corrected chi connectivity index (χ1v) is 9.06. The van der Waals surface area contributed by atoms with Gasteiger partial charge in [0.15, 0.2) is 11.6 Å². The highest BCUT2D eigenvalue weighted by Crippen LogP contribution is 2.28. The van der Waals surface area contributed by atoms with Gasteiger partial charge in [-0.1, -0.05) is 11.8 Å². The molecule has 2 heterocycles. The maximum Gasteiger partial charge on any atom is 0.272 e. The molecule has 0 atom stereocenters. The molecule has 1 fully saturated rings. The molecule has 0 radical (unpaired) electrons. The molecule has 1 amide bonds. The Morgan fingerprint density at radius 3 is 2.83 bits per heavy atom. The molecule has 0 saturated carbocycles. The quantitative estimate of drug-likeness (QED) is 0.456. The molecule has 3 rings (SSSR count). The van der Waals surface area contributed by atoms with Crippen LogP contribution in [0.25, 0.3) is 0 Å². The molecule has 1 aromatic heterocycles. The zero-order valence-electron chi connectivity index (χ0n) is 15.6. The Balaban J connectivity index is 1.61. The Labute approximate surface area is 166 Å². The van der Waals surface area contributed by atoms with Crippen molar-refractivity contribution in [2.45, 2.75) is 12.8 Å². The fourth-order valence-electron chi connectivity index (χ4n) is 2.85. The predicted molar refractivity (Wildman–Crippen MR) is 103 cm³/mol. The number of rotatable bonds is 6. The van der Waals surface area contributed by atoms with Gasteiger partial charge in [-0.25, -0.2) is 4.39 Å². The Bertz CT molecular complexity index is 964. The molecule has 1 N–H and O–H groups in total. The molecule has 0 bridgehead atoms. The van der Waals surface area contributed by atoms with Crippen LogP contribution in [0.3, 0.4) is 0 Å². The van der Waals surface area contributed by atoms with Crippen LogP contribution in [0, 0.1) is 27.8 Å². The van der Waals surface area contributed by atoms with Crippen LogP contribution < -0.4 is 10.1 Å². The number of ether oxygens (including phenoxy) is 1. The first kappa shape index (κ1) is 20.2. The van der Waals surface area contributed by atoms with Crippen LogP contribution in [0.1, 0.15) is 18.4 Å². The number of pyridine rings is 1. The van der Waals surface area contributed by atoms with Crippen LogP contribution in [-0.2, 0) is 4.79 Å². The van der Waals surface area contributed by atoms with Crippen molar-refractivity contribution in [2.75, 3.05) is 26.2 Å². The van der Waals surface area contributed by atoms with Crippen molar-refractivity contribution in [2.24, 2.45) is 0 Å². The van der Waals surface area contributed by atoms with E-state index in [1.807, 2.05) is 0 Å². The van der Waals surface area contributed by atoms with Gasteiger partial charge in [0.05, 0.1) is 29.6 Å². The number of halogens is 1. The van der Waals surface area contributed by atoms with Crippen molar-refractivity contribution in [3.05, 3.63) is 58.2 Å². The number of non-ortho nitro benzene ring substituents is 1. The van der Waals surface area contributed by atoms with Gasteiger partial charge in [0, 0.05) is 24.5 Å². The highest BCUT2D eigenvalue weighted by molar-refractivity contribution is 5.78. The van der Waals surface area contributed by atoms with E-state index in [-0.39, 0.29) is 29.6 Å². The first-order valence-electron chi connectivity index (χ1n) is 9.06. The lowest BCUT2D eigenvalue weighted by Gasteiger charge is -2.12. The van der Waals surface area contributed by atoms with Crippen LogP contribution >= 0.6 is 0 Å². The second kappa shape index (κ2) is 9.61. The summed E-state index contributed by atoms with van der Waals surface area (Å²) in [4.78, 5) is 28.0. The summed E-state index contributed by atoms with van der Waals surface area (Å²) < 4.78 is 19.6. The van der Waals surface area contributed by atoms with Gasteiger partial charge in [0.2, 0.25) is 5.91 Å². The van der Waals surface area contributed by atoms with Crippen molar-refractivity contribution in [3.8, 4) is 23.3 Å². The smallest absolute Gasteiger partial charge is 0.272 e. The van der Waals surface area contributed by atoms with Crippen molar-refractivity contribution in [3.63, 3.8) is 0 Å². The maximum atomic E-state index is 14.1. The minimum absolute atomic E-state index is 0.0863. The average molecular weight is 398 g/mol. The van der Waals surface area contributed by atoms with Gasteiger partial charge in [-0.2, -0.15) is 0 Å². The van der Waals surface area contributed by atoms with Crippen LogP contribution in [-0.4, -0.2) is 46.9 Å². The Kier molecular flexibility index (Phi) is 6.71. The number of nitrogens with zero attached hydrogens (tertiary/aromatic N) is 3. The molecule has 150 valence electrons. The Morgan fingerprint density at radius 1 is 1.31 bits per heavy atom. The minimum Gasteiger partial charge on any atom is -0.453 e. The highest BCUT2D eigenvalue weighted by atomic mass is 19.1. The van der Waals surface area contributed by atoms with E-state index in [9.17, 15) is 19.3 Å². The minimum atomic E-state index is -0.857. The lowest BCUT2D eigenvalue weighted by atomic mass is 10.2. The molecule has 1 aromatic carbocycles. The third-order valence-electron chi connectivity index (χ3n) is 4.29. The summed E-state index contributed by atoms with van der Waals surface area (Å²) in [6.07, 6.45) is 5.15. The van der Waals surface area contributed by atoms with Crippen molar-refractivity contribution >= 4 is 11.6 Å². The van der Waals surface area contributed by atoms with Crippen molar-refractivity contribution < 1.29 is 18.8 Å². The lowest BCUT2D eigenvalue weighted by molar-refractivity contribution is -0.385. The topological polar surface area (TPSA) is 97.6 Å². The van der Waals surface area contributed by atoms with Crippen molar-refractivity contribution in [1.82, 2.24) is 15.2 Å².